The molecule has 0 spiro atoms. The zero-order valence-corrected chi connectivity index (χ0v) is 14.8. The Hall–Kier alpha value is -1.04. The van der Waals surface area contributed by atoms with Gasteiger partial charge in [0.25, 0.3) is 10.0 Å². The van der Waals surface area contributed by atoms with E-state index in [1.54, 1.807) is 31.3 Å². The molecule has 112 valence electrons. The molecule has 0 aromatic heterocycles. The van der Waals surface area contributed by atoms with E-state index in [-0.39, 0.29) is 4.90 Å². The monoisotopic (exact) mass is 387 g/mol. The minimum atomic E-state index is -3.63. The van der Waals surface area contributed by atoms with E-state index in [1.807, 2.05) is 25.1 Å². The lowest BCUT2D eigenvalue weighted by Gasteiger charge is -2.22. The summed E-state index contributed by atoms with van der Waals surface area (Å²) in [6.45, 7) is 1.88. The van der Waals surface area contributed by atoms with Crippen LogP contribution in [0.25, 0.3) is 0 Å². The second-order valence-electron chi connectivity index (χ2n) is 4.66. The highest BCUT2D eigenvalue weighted by molar-refractivity contribution is 9.10. The minimum absolute atomic E-state index is 0.224. The van der Waals surface area contributed by atoms with Crippen molar-refractivity contribution in [1.29, 1.82) is 0 Å². The molecule has 0 N–H and O–H groups in total. The van der Waals surface area contributed by atoms with Gasteiger partial charge in [-0.2, -0.15) is 0 Å². The molecule has 0 aliphatic rings. The van der Waals surface area contributed by atoms with Crippen molar-refractivity contribution in [2.75, 3.05) is 11.4 Å². The predicted octanol–water partition coefficient (Wildman–Crippen LogP) is 4.32. The summed E-state index contributed by atoms with van der Waals surface area (Å²) in [6, 6.07) is 12.4. The minimum Gasteiger partial charge on any atom is -0.269 e. The molecule has 0 fully saturated rings. The van der Waals surface area contributed by atoms with Crippen molar-refractivity contribution in [2.24, 2.45) is 0 Å². The number of hydrogen-bond acceptors (Lipinski definition) is 2. The van der Waals surface area contributed by atoms with E-state index < -0.39 is 10.0 Å². The summed E-state index contributed by atoms with van der Waals surface area (Å²) in [5.41, 5.74) is 2.42. The van der Waals surface area contributed by atoms with Crippen LogP contribution in [0.4, 0.5) is 5.69 Å². The van der Waals surface area contributed by atoms with Gasteiger partial charge in [0, 0.05) is 17.4 Å². The summed E-state index contributed by atoms with van der Waals surface area (Å²) >= 11 is 9.08. The Morgan fingerprint density at radius 2 is 1.86 bits per heavy atom. The van der Waals surface area contributed by atoms with Gasteiger partial charge in [0.2, 0.25) is 0 Å². The number of rotatable bonds is 4. The normalized spacial score (nSPS) is 11.4. The topological polar surface area (TPSA) is 37.4 Å². The lowest BCUT2D eigenvalue weighted by molar-refractivity contribution is 0.594. The van der Waals surface area contributed by atoms with Gasteiger partial charge in [-0.3, -0.25) is 4.31 Å². The maximum absolute atomic E-state index is 12.8. The average molecular weight is 389 g/mol. The standard InChI is InChI=1S/C15H15BrClNO2S/c1-11-5-3-4-6-14(11)18(2)21(19,20)15-8-7-12(10-17)9-13(15)16/h3-9H,10H2,1-2H3. The molecule has 21 heavy (non-hydrogen) atoms. The van der Waals surface area contributed by atoms with Crippen molar-refractivity contribution in [2.45, 2.75) is 17.7 Å². The third-order valence-corrected chi connectivity index (χ3v) is 6.30. The summed E-state index contributed by atoms with van der Waals surface area (Å²) < 4.78 is 27.3. The number of sulfonamides is 1. The molecule has 3 nitrogen and oxygen atoms in total. The molecule has 0 amide bonds. The third-order valence-electron chi connectivity index (χ3n) is 3.24. The van der Waals surface area contributed by atoms with Gasteiger partial charge in [-0.15, -0.1) is 11.6 Å². The second-order valence-corrected chi connectivity index (χ2v) is 7.72. The lowest BCUT2D eigenvalue weighted by Crippen LogP contribution is -2.27. The van der Waals surface area contributed by atoms with E-state index in [1.165, 1.54) is 4.31 Å². The first-order chi connectivity index (χ1) is 9.87. The molecule has 0 aliphatic carbocycles. The number of para-hydroxylation sites is 1. The molecule has 0 radical (unpaired) electrons. The maximum atomic E-state index is 12.8. The van der Waals surface area contributed by atoms with Crippen LogP contribution >= 0.6 is 27.5 Å². The van der Waals surface area contributed by atoms with Crippen molar-refractivity contribution in [3.8, 4) is 0 Å². The van der Waals surface area contributed by atoms with Gasteiger partial charge in [0.1, 0.15) is 4.90 Å². The van der Waals surface area contributed by atoms with Crippen molar-refractivity contribution in [3.05, 3.63) is 58.1 Å². The van der Waals surface area contributed by atoms with Crippen LogP contribution in [0.2, 0.25) is 0 Å². The Labute approximate surface area is 138 Å². The molecule has 0 atom stereocenters. The van der Waals surface area contributed by atoms with E-state index >= 15 is 0 Å². The number of alkyl halides is 1. The summed E-state index contributed by atoms with van der Waals surface area (Å²) in [5.74, 6) is 0.340. The molecule has 2 rings (SSSR count). The van der Waals surface area contributed by atoms with E-state index in [2.05, 4.69) is 15.9 Å². The largest absolute Gasteiger partial charge is 0.269 e. The molecule has 0 aliphatic heterocycles. The van der Waals surface area contributed by atoms with Gasteiger partial charge in [0.15, 0.2) is 0 Å². The first kappa shape index (κ1) is 16.3. The number of nitrogens with zero attached hydrogens (tertiary/aromatic N) is 1. The second kappa shape index (κ2) is 6.38. The molecule has 0 saturated heterocycles. The predicted molar refractivity (Wildman–Crippen MR) is 90.5 cm³/mol. The maximum Gasteiger partial charge on any atom is 0.265 e. The van der Waals surface area contributed by atoms with Crippen LogP contribution in [0.5, 0.6) is 0 Å². The first-order valence-corrected chi connectivity index (χ1v) is 9.03. The highest BCUT2D eigenvalue weighted by Crippen LogP contribution is 2.30. The number of halogens is 2. The van der Waals surface area contributed by atoms with E-state index in [4.69, 9.17) is 11.6 Å². The van der Waals surface area contributed by atoms with Crippen LogP contribution in [-0.4, -0.2) is 15.5 Å². The number of aryl methyl sites for hydroxylation is 1. The van der Waals surface area contributed by atoms with Crippen molar-refractivity contribution in [3.63, 3.8) is 0 Å². The number of anilines is 1. The molecule has 0 heterocycles. The van der Waals surface area contributed by atoms with Crippen LogP contribution < -0.4 is 4.31 Å². The van der Waals surface area contributed by atoms with Crippen molar-refractivity contribution < 1.29 is 8.42 Å². The molecule has 0 unspecified atom stereocenters. The Morgan fingerprint density at radius 1 is 1.19 bits per heavy atom. The fraction of sp³-hybridized carbons (Fsp3) is 0.200. The molecule has 2 aromatic carbocycles. The number of hydrogen-bond donors (Lipinski definition) is 0. The van der Waals surface area contributed by atoms with Gasteiger partial charge in [-0.05, 0) is 52.2 Å². The lowest BCUT2D eigenvalue weighted by atomic mass is 10.2. The van der Waals surface area contributed by atoms with Crippen LogP contribution in [0.15, 0.2) is 51.8 Å². The van der Waals surface area contributed by atoms with Gasteiger partial charge >= 0.3 is 0 Å². The Balaban J connectivity index is 2.50. The fourth-order valence-electron chi connectivity index (χ4n) is 2.03. The summed E-state index contributed by atoms with van der Waals surface area (Å²) in [7, 11) is -2.07. The van der Waals surface area contributed by atoms with Crippen LogP contribution in [0.1, 0.15) is 11.1 Å². The average Bonchev–Trinajstić information content (AvgIpc) is 2.46. The Kier molecular flexibility index (Phi) is 4.96. The molecular weight excluding hydrogens is 374 g/mol. The quantitative estimate of drug-likeness (QED) is 0.731. The van der Waals surface area contributed by atoms with Crippen LogP contribution in [-0.2, 0) is 15.9 Å². The molecule has 0 bridgehead atoms. The Morgan fingerprint density at radius 3 is 2.43 bits per heavy atom. The van der Waals surface area contributed by atoms with Gasteiger partial charge < -0.3 is 0 Å². The SMILES string of the molecule is Cc1ccccc1N(C)S(=O)(=O)c1ccc(CCl)cc1Br. The number of benzene rings is 2. The smallest absolute Gasteiger partial charge is 0.265 e. The third kappa shape index (κ3) is 3.25. The Bertz CT molecular complexity index is 762. The molecule has 0 saturated carbocycles. The van der Waals surface area contributed by atoms with Crippen LogP contribution in [0.3, 0.4) is 0 Å². The zero-order valence-electron chi connectivity index (χ0n) is 11.7. The molecular formula is C15H15BrClNO2S. The van der Waals surface area contributed by atoms with E-state index in [9.17, 15) is 8.42 Å². The van der Waals surface area contributed by atoms with E-state index in [0.29, 0.717) is 16.0 Å². The highest BCUT2D eigenvalue weighted by Gasteiger charge is 2.24. The van der Waals surface area contributed by atoms with Gasteiger partial charge in [-0.25, -0.2) is 8.42 Å². The zero-order chi connectivity index (χ0) is 15.6. The summed E-state index contributed by atoms with van der Waals surface area (Å²) in [4.78, 5) is 0.224. The van der Waals surface area contributed by atoms with Crippen molar-refractivity contribution >= 4 is 43.2 Å². The van der Waals surface area contributed by atoms with E-state index in [0.717, 1.165) is 11.1 Å². The fourth-order valence-corrected chi connectivity index (χ4v) is 4.54. The van der Waals surface area contributed by atoms with Crippen molar-refractivity contribution in [1.82, 2.24) is 0 Å². The van der Waals surface area contributed by atoms with Gasteiger partial charge in [0.05, 0.1) is 5.69 Å². The first-order valence-electron chi connectivity index (χ1n) is 6.27. The summed E-state index contributed by atoms with van der Waals surface area (Å²) in [6.07, 6.45) is 0. The molecule has 2 aromatic rings. The van der Waals surface area contributed by atoms with Crippen LogP contribution in [0, 0.1) is 6.92 Å². The summed E-state index contributed by atoms with van der Waals surface area (Å²) in [5, 5.41) is 0. The highest BCUT2D eigenvalue weighted by atomic mass is 79.9. The molecule has 6 heteroatoms. The van der Waals surface area contributed by atoms with Gasteiger partial charge in [-0.1, -0.05) is 24.3 Å².